The van der Waals surface area contributed by atoms with Crippen LogP contribution in [0, 0.1) is 23.7 Å². The molecule has 6 fully saturated rings. The number of nitrogens with one attached hydrogen (secondary N) is 4. The number of piperidine rings is 2. The topological polar surface area (TPSA) is 92.0 Å². The van der Waals surface area contributed by atoms with Gasteiger partial charge in [0, 0.05) is 55.6 Å². The van der Waals surface area contributed by atoms with Crippen molar-refractivity contribution in [2.45, 2.75) is 127 Å². The number of piperazine rings is 1. The first-order valence-electron chi connectivity index (χ1n) is 17.4. The highest BCUT2D eigenvalue weighted by molar-refractivity contribution is 5.87. The maximum Gasteiger partial charge on any atom is 0.320 e. The van der Waals surface area contributed by atoms with Crippen LogP contribution in [0.3, 0.4) is 0 Å². The summed E-state index contributed by atoms with van der Waals surface area (Å²) in [4.78, 5) is 32.9. The Morgan fingerprint density at radius 2 is 1.80 bits per heavy atom. The summed E-state index contributed by atoms with van der Waals surface area (Å²) in [5.74, 6) is -0.103. The largest absolute Gasteiger partial charge is 0.336 e. The van der Waals surface area contributed by atoms with E-state index in [1.807, 2.05) is 4.90 Å². The fourth-order valence-corrected chi connectivity index (χ4v) is 9.67. The van der Waals surface area contributed by atoms with E-state index in [9.17, 15) is 9.59 Å². The molecule has 9 nitrogen and oxygen atoms in total. The van der Waals surface area contributed by atoms with E-state index < -0.39 is 30.5 Å². The minimum Gasteiger partial charge on any atom is -0.336 e. The molecule has 0 spiro atoms. The van der Waals surface area contributed by atoms with Gasteiger partial charge in [-0.2, -0.15) is 0 Å². The molecule has 248 valence electrons. The number of nitrogens with zero attached hydrogens (tertiary/aromatic N) is 3. The molecule has 6 aliphatic rings. The molecule has 3 amide bonds. The lowest BCUT2D eigenvalue weighted by atomic mass is 9.72. The first-order valence-corrected chi connectivity index (χ1v) is 17.4. The summed E-state index contributed by atoms with van der Waals surface area (Å²) in [5, 5.41) is 14.5. The summed E-state index contributed by atoms with van der Waals surface area (Å²) in [6, 6.07) is -0.504. The molecule has 44 heavy (non-hydrogen) atoms. The van der Waals surface area contributed by atoms with Crippen LogP contribution in [0.5, 0.6) is 0 Å². The molecule has 5 saturated heterocycles. The van der Waals surface area contributed by atoms with Crippen molar-refractivity contribution in [3.63, 3.8) is 0 Å². The number of hydrogen-bond acceptors (Lipinski definition) is 6. The summed E-state index contributed by atoms with van der Waals surface area (Å²) >= 11 is 0. The number of alkyl halides is 2. The Morgan fingerprint density at radius 1 is 0.977 bits per heavy atom. The number of carbonyl (C=O) groups excluding carboxylic acids is 2. The summed E-state index contributed by atoms with van der Waals surface area (Å²) in [7, 11) is 0. The van der Waals surface area contributed by atoms with Crippen LogP contribution in [0.25, 0.3) is 0 Å². The fraction of sp³-hybridized carbons (Fsp3) is 0.879. The zero-order chi connectivity index (χ0) is 31.1. The highest BCUT2D eigenvalue weighted by Gasteiger charge is 2.56. The number of amides is 3. The van der Waals surface area contributed by atoms with Gasteiger partial charge in [-0.3, -0.25) is 15.0 Å². The Kier molecular flexibility index (Phi) is 9.86. The van der Waals surface area contributed by atoms with Crippen LogP contribution >= 0.6 is 0 Å². The van der Waals surface area contributed by atoms with Crippen molar-refractivity contribution >= 4 is 11.9 Å². The van der Waals surface area contributed by atoms with Gasteiger partial charge in [-0.25, -0.2) is 13.6 Å². The van der Waals surface area contributed by atoms with Gasteiger partial charge < -0.3 is 25.8 Å². The molecular weight excluding hydrogens is 564 g/mol. The summed E-state index contributed by atoms with van der Waals surface area (Å²) in [5.41, 5.74) is 0. The average molecular weight is 620 g/mol. The molecular formula is C33H55F2N7O2. The van der Waals surface area contributed by atoms with Crippen LogP contribution < -0.4 is 21.3 Å². The number of urea groups is 1. The third-order valence-electron chi connectivity index (χ3n) is 11.9. The number of carbonyl (C=O) groups is 2. The molecule has 12 atom stereocenters. The van der Waals surface area contributed by atoms with Gasteiger partial charge in [0.15, 0.2) is 0 Å². The zero-order valence-electron chi connectivity index (χ0n) is 26.9. The van der Waals surface area contributed by atoms with Gasteiger partial charge in [-0.05, 0) is 82.9 Å². The van der Waals surface area contributed by atoms with Crippen LogP contribution in [-0.4, -0.2) is 114 Å². The number of hydrogen-bond donors (Lipinski definition) is 4. The lowest BCUT2D eigenvalue weighted by Gasteiger charge is -2.60. The number of fused-ring (bicyclic) bond motifs is 6. The van der Waals surface area contributed by atoms with Crippen molar-refractivity contribution in [2.24, 2.45) is 23.7 Å². The van der Waals surface area contributed by atoms with E-state index in [1.165, 1.54) is 6.08 Å². The van der Waals surface area contributed by atoms with Gasteiger partial charge in [-0.1, -0.05) is 26.8 Å². The molecule has 6 rings (SSSR count). The highest BCUT2D eigenvalue weighted by atomic mass is 19.1. The van der Waals surface area contributed by atoms with Gasteiger partial charge in [0.25, 0.3) is 0 Å². The Balaban J connectivity index is 1.36. The average Bonchev–Trinajstić information content (AvgIpc) is 3.00. The molecule has 0 radical (unpaired) electrons. The Labute approximate surface area is 262 Å². The molecule has 11 unspecified atom stereocenters. The second-order valence-corrected chi connectivity index (χ2v) is 14.8. The van der Waals surface area contributed by atoms with Gasteiger partial charge in [0.2, 0.25) is 5.91 Å². The van der Waals surface area contributed by atoms with E-state index in [-0.39, 0.29) is 54.6 Å². The summed E-state index contributed by atoms with van der Waals surface area (Å²) in [6.07, 6.45) is 4.59. The van der Waals surface area contributed by atoms with Crippen molar-refractivity contribution < 1.29 is 18.4 Å². The third-order valence-corrected chi connectivity index (χ3v) is 11.9. The monoisotopic (exact) mass is 619 g/mol. The Hall–Kier alpha value is -1.82. The zero-order valence-corrected chi connectivity index (χ0v) is 26.9. The van der Waals surface area contributed by atoms with E-state index in [0.29, 0.717) is 44.3 Å². The van der Waals surface area contributed by atoms with Crippen molar-refractivity contribution in [1.82, 2.24) is 36.0 Å². The van der Waals surface area contributed by atoms with Crippen LogP contribution in [-0.2, 0) is 4.79 Å². The molecule has 4 N–H and O–H groups in total. The molecule has 0 aromatic rings. The second kappa shape index (κ2) is 13.5. The molecule has 5 aliphatic heterocycles. The third kappa shape index (κ3) is 6.15. The highest BCUT2D eigenvalue weighted by Crippen LogP contribution is 2.42. The first kappa shape index (κ1) is 32.1. The first-order chi connectivity index (χ1) is 21.2. The maximum absolute atomic E-state index is 16.5. The maximum atomic E-state index is 16.5. The number of rotatable bonds is 3. The van der Waals surface area contributed by atoms with Gasteiger partial charge >= 0.3 is 6.03 Å². The smallest absolute Gasteiger partial charge is 0.320 e. The Bertz CT molecular complexity index is 1050. The predicted octanol–water partition coefficient (Wildman–Crippen LogP) is 2.98. The molecule has 4 bridgehead atoms. The molecule has 0 aromatic carbocycles. The number of halogens is 2. The fourth-order valence-electron chi connectivity index (χ4n) is 9.67. The molecule has 11 heteroatoms. The van der Waals surface area contributed by atoms with E-state index >= 15 is 8.78 Å². The van der Waals surface area contributed by atoms with Gasteiger partial charge in [0.05, 0.1) is 18.4 Å². The lowest BCUT2D eigenvalue weighted by molar-refractivity contribution is -0.132. The van der Waals surface area contributed by atoms with Crippen LogP contribution in [0.15, 0.2) is 12.7 Å². The SMILES string of the molecule is C=CC(=O)N1CCN(C2NC(=O)N3C4NC(C(F)CC42)C2CC(CCC2F)NCCCCC2CCNC(C(C)C)C23)[C@@H](C)C1. The van der Waals surface area contributed by atoms with Gasteiger partial charge in [0.1, 0.15) is 12.3 Å². The molecule has 0 aromatic heterocycles. The molecule has 5 heterocycles. The van der Waals surface area contributed by atoms with E-state index in [0.717, 1.165) is 45.2 Å². The van der Waals surface area contributed by atoms with Gasteiger partial charge in [-0.15, -0.1) is 0 Å². The van der Waals surface area contributed by atoms with Crippen molar-refractivity contribution in [1.29, 1.82) is 0 Å². The van der Waals surface area contributed by atoms with Crippen molar-refractivity contribution in [2.75, 3.05) is 32.7 Å². The Morgan fingerprint density at radius 3 is 2.55 bits per heavy atom. The van der Waals surface area contributed by atoms with E-state index in [1.54, 1.807) is 4.90 Å². The lowest BCUT2D eigenvalue weighted by Crippen LogP contribution is -2.79. The van der Waals surface area contributed by atoms with Crippen molar-refractivity contribution in [3.05, 3.63) is 12.7 Å². The summed E-state index contributed by atoms with van der Waals surface area (Å²) in [6.45, 7) is 13.6. The minimum absolute atomic E-state index is 0.0216. The standard InChI is InChI=1S/C33H55F2N7O2/c1-5-27(43)40-14-15-41(20(4)18-40)31-24-17-26(35)29-23-16-22(9-10-25(23)34)36-12-7-6-8-21-11-13-37-28(19(2)3)30(21)42(32(24)38-29)33(44)39-31/h5,19-26,28-32,36-38H,1,6-18H2,2-4H3,(H,39,44)/t20-,21?,22?,23?,24?,25?,26?,28?,29?,30?,31?,32?/m0/s1. The van der Waals surface area contributed by atoms with Crippen LogP contribution in [0.1, 0.15) is 72.1 Å². The van der Waals surface area contributed by atoms with Crippen molar-refractivity contribution in [3.8, 4) is 0 Å². The minimum atomic E-state index is -1.22. The second-order valence-electron chi connectivity index (χ2n) is 14.8. The molecule has 1 aliphatic carbocycles. The summed E-state index contributed by atoms with van der Waals surface area (Å²) < 4.78 is 32.2. The van der Waals surface area contributed by atoms with E-state index in [2.05, 4.69) is 53.5 Å². The van der Waals surface area contributed by atoms with Crippen LogP contribution in [0.4, 0.5) is 13.6 Å². The molecule has 1 saturated carbocycles. The quantitative estimate of drug-likeness (QED) is 0.364. The van der Waals surface area contributed by atoms with Crippen LogP contribution in [0.2, 0.25) is 0 Å². The predicted molar refractivity (Wildman–Crippen MR) is 167 cm³/mol. The normalized spacial score (nSPS) is 43.9. The van der Waals surface area contributed by atoms with E-state index in [4.69, 9.17) is 0 Å².